The fourth-order valence-corrected chi connectivity index (χ4v) is 6.60. The fraction of sp³-hybridized carbons (Fsp3) is 0.583. The monoisotopic (exact) mass is 395 g/mol. The van der Waals surface area contributed by atoms with Crippen molar-refractivity contribution < 1.29 is 19.1 Å². The van der Waals surface area contributed by atoms with E-state index < -0.39 is 5.97 Å². The molecule has 4 bridgehead atoms. The number of nitrogens with one attached hydrogen (secondary N) is 1. The van der Waals surface area contributed by atoms with Crippen molar-refractivity contribution in [2.24, 2.45) is 23.2 Å². The summed E-state index contributed by atoms with van der Waals surface area (Å²) in [7, 11) is 0. The molecule has 1 aromatic rings. The summed E-state index contributed by atoms with van der Waals surface area (Å²) in [4.78, 5) is 24.9. The molecule has 5 nitrogen and oxygen atoms in total. The number of amides is 1. The first-order valence-electron chi connectivity index (χ1n) is 10.9. The third kappa shape index (κ3) is 3.56. The summed E-state index contributed by atoms with van der Waals surface area (Å²) in [6.45, 7) is 2.07. The van der Waals surface area contributed by atoms with Gasteiger partial charge in [-0.2, -0.15) is 0 Å². The summed E-state index contributed by atoms with van der Waals surface area (Å²) in [5.41, 5.74) is 1.54. The van der Waals surface area contributed by atoms with E-state index in [0.717, 1.165) is 29.1 Å². The molecular formula is C24H29NO4. The average Bonchev–Trinajstić information content (AvgIpc) is 2.70. The Hall–Kier alpha value is -2.30. The van der Waals surface area contributed by atoms with E-state index in [4.69, 9.17) is 9.47 Å². The molecule has 0 saturated heterocycles. The van der Waals surface area contributed by atoms with Crippen LogP contribution in [0.5, 0.6) is 5.75 Å². The number of carbonyl (C=O) groups excluding carboxylic acids is 2. The summed E-state index contributed by atoms with van der Waals surface area (Å²) >= 11 is 0. The Morgan fingerprint density at radius 1 is 1.14 bits per heavy atom. The Bertz CT molecular complexity index is 823. The summed E-state index contributed by atoms with van der Waals surface area (Å²) in [6, 6.07) is 7.68. The zero-order valence-electron chi connectivity index (χ0n) is 17.0. The van der Waals surface area contributed by atoms with Crippen LogP contribution in [-0.4, -0.2) is 31.1 Å². The molecule has 1 aliphatic heterocycles. The van der Waals surface area contributed by atoms with Crippen molar-refractivity contribution in [3.05, 3.63) is 35.4 Å². The first-order chi connectivity index (χ1) is 14.0. The predicted octanol–water partition coefficient (Wildman–Crippen LogP) is 3.73. The molecule has 29 heavy (non-hydrogen) atoms. The van der Waals surface area contributed by atoms with Crippen LogP contribution in [0.25, 0.3) is 6.08 Å². The second-order valence-corrected chi connectivity index (χ2v) is 9.64. The minimum absolute atomic E-state index is 0.131. The van der Waals surface area contributed by atoms with Crippen molar-refractivity contribution in [3.63, 3.8) is 0 Å². The van der Waals surface area contributed by atoms with E-state index in [-0.39, 0.29) is 30.6 Å². The highest BCUT2D eigenvalue weighted by Gasteiger charge is 2.53. The van der Waals surface area contributed by atoms with Crippen LogP contribution in [0.1, 0.15) is 51.0 Å². The lowest BCUT2D eigenvalue weighted by atomic mass is 9.48. The second-order valence-electron chi connectivity index (χ2n) is 9.64. The van der Waals surface area contributed by atoms with Crippen LogP contribution >= 0.6 is 0 Å². The number of esters is 1. The van der Waals surface area contributed by atoms with Gasteiger partial charge < -0.3 is 14.8 Å². The molecule has 4 aliphatic carbocycles. The fourth-order valence-electron chi connectivity index (χ4n) is 6.60. The van der Waals surface area contributed by atoms with Gasteiger partial charge in [0.1, 0.15) is 12.4 Å². The number of rotatable bonds is 5. The molecule has 1 N–H and O–H groups in total. The molecule has 4 saturated carbocycles. The number of ether oxygens (including phenoxy) is 2. The van der Waals surface area contributed by atoms with Gasteiger partial charge in [0.25, 0.3) is 5.91 Å². The van der Waals surface area contributed by atoms with Gasteiger partial charge in [-0.05, 0) is 80.8 Å². The smallest absolute Gasteiger partial charge is 0.338 e. The summed E-state index contributed by atoms with van der Waals surface area (Å²) in [5.74, 6) is 2.60. The predicted molar refractivity (Wildman–Crippen MR) is 109 cm³/mol. The van der Waals surface area contributed by atoms with Crippen molar-refractivity contribution in [2.75, 3.05) is 13.2 Å². The van der Waals surface area contributed by atoms with Crippen LogP contribution in [0.2, 0.25) is 0 Å². The summed E-state index contributed by atoms with van der Waals surface area (Å²) < 4.78 is 10.9. The first-order valence-corrected chi connectivity index (χ1v) is 10.9. The molecule has 0 radical (unpaired) electrons. The van der Waals surface area contributed by atoms with Crippen LogP contribution in [0, 0.1) is 23.2 Å². The van der Waals surface area contributed by atoms with Gasteiger partial charge in [-0.25, -0.2) is 4.79 Å². The van der Waals surface area contributed by atoms with Gasteiger partial charge in [0, 0.05) is 11.6 Å². The lowest BCUT2D eigenvalue weighted by Gasteiger charge is -2.59. The molecule has 5 aliphatic rings. The van der Waals surface area contributed by atoms with Crippen LogP contribution in [-0.2, 0) is 14.3 Å². The van der Waals surface area contributed by atoms with E-state index >= 15 is 0 Å². The first kappa shape index (κ1) is 18.7. The van der Waals surface area contributed by atoms with Crippen molar-refractivity contribution >= 4 is 18.0 Å². The highest BCUT2D eigenvalue weighted by molar-refractivity contribution is 5.96. The number of hydrogen-bond acceptors (Lipinski definition) is 4. The lowest BCUT2D eigenvalue weighted by molar-refractivity contribution is -0.146. The Kier molecular flexibility index (Phi) is 4.64. The van der Waals surface area contributed by atoms with Gasteiger partial charge >= 0.3 is 5.97 Å². The molecule has 0 unspecified atom stereocenters. The Morgan fingerprint density at radius 3 is 2.48 bits per heavy atom. The molecule has 1 aromatic carbocycles. The van der Waals surface area contributed by atoms with Gasteiger partial charge in [0.15, 0.2) is 6.61 Å². The molecule has 0 spiro atoms. The summed E-state index contributed by atoms with van der Waals surface area (Å²) in [6.07, 6.45) is 9.66. The third-order valence-electron chi connectivity index (χ3n) is 7.61. The Balaban J connectivity index is 1.16. The van der Waals surface area contributed by atoms with Gasteiger partial charge in [0.05, 0.1) is 5.57 Å². The minimum Gasteiger partial charge on any atom is -0.488 e. The zero-order chi connectivity index (χ0) is 20.0. The number of benzene rings is 1. The summed E-state index contributed by atoms with van der Waals surface area (Å²) in [5, 5.41) is 3.14. The molecule has 1 atom stereocenters. The molecule has 5 heteroatoms. The van der Waals surface area contributed by atoms with E-state index in [1.807, 2.05) is 24.3 Å². The largest absolute Gasteiger partial charge is 0.488 e. The minimum atomic E-state index is -0.489. The number of fused-ring (bicyclic) bond motifs is 1. The van der Waals surface area contributed by atoms with E-state index in [1.165, 1.54) is 38.5 Å². The average molecular weight is 395 g/mol. The third-order valence-corrected chi connectivity index (χ3v) is 7.61. The van der Waals surface area contributed by atoms with Gasteiger partial charge in [-0.15, -0.1) is 0 Å². The standard InChI is InChI=1S/C24H29NO4/c1-15(24-10-16-6-17(11-24)8-18(7-16)12-24)25-22(26)14-29-23(27)20-9-19-4-2-3-5-21(19)28-13-20/h2-5,9,15-18H,6-8,10-14H2,1H3,(H,25,26)/t15-,16?,17?,18?,24?/m0/s1. The maximum Gasteiger partial charge on any atom is 0.338 e. The molecular weight excluding hydrogens is 366 g/mol. The zero-order valence-corrected chi connectivity index (χ0v) is 17.0. The number of carbonyl (C=O) groups is 2. The number of para-hydroxylation sites is 1. The molecule has 6 rings (SSSR count). The highest BCUT2D eigenvalue weighted by atomic mass is 16.5. The van der Waals surface area contributed by atoms with E-state index in [9.17, 15) is 9.59 Å². The quantitative estimate of drug-likeness (QED) is 0.772. The topological polar surface area (TPSA) is 64.6 Å². The van der Waals surface area contributed by atoms with Crippen molar-refractivity contribution in [3.8, 4) is 5.75 Å². The molecule has 1 amide bonds. The van der Waals surface area contributed by atoms with Gasteiger partial charge in [-0.3, -0.25) is 4.79 Å². The molecule has 154 valence electrons. The van der Waals surface area contributed by atoms with E-state index in [1.54, 1.807) is 6.08 Å². The van der Waals surface area contributed by atoms with Crippen LogP contribution in [0.3, 0.4) is 0 Å². The SMILES string of the molecule is C[C@H](NC(=O)COC(=O)C1=Cc2ccccc2OC1)C12CC3CC(CC(C3)C1)C2. The number of hydrogen-bond donors (Lipinski definition) is 1. The van der Waals surface area contributed by atoms with E-state index in [0.29, 0.717) is 5.57 Å². The Labute approximate surface area is 171 Å². The Morgan fingerprint density at radius 2 is 1.79 bits per heavy atom. The van der Waals surface area contributed by atoms with Crippen LogP contribution in [0.4, 0.5) is 0 Å². The van der Waals surface area contributed by atoms with Crippen LogP contribution < -0.4 is 10.1 Å². The lowest BCUT2D eigenvalue weighted by Crippen LogP contribution is -2.56. The van der Waals surface area contributed by atoms with Crippen molar-refractivity contribution in [1.82, 2.24) is 5.32 Å². The maximum atomic E-state index is 12.5. The second kappa shape index (κ2) is 7.19. The van der Waals surface area contributed by atoms with Crippen molar-refractivity contribution in [2.45, 2.75) is 51.5 Å². The van der Waals surface area contributed by atoms with Gasteiger partial charge in [0.2, 0.25) is 0 Å². The molecule has 0 aromatic heterocycles. The molecule has 4 fully saturated rings. The van der Waals surface area contributed by atoms with E-state index in [2.05, 4.69) is 12.2 Å². The normalized spacial score (nSPS) is 32.6. The van der Waals surface area contributed by atoms with Crippen LogP contribution in [0.15, 0.2) is 29.8 Å². The van der Waals surface area contributed by atoms with Crippen molar-refractivity contribution in [1.29, 1.82) is 0 Å². The maximum absolute atomic E-state index is 12.5. The highest BCUT2D eigenvalue weighted by Crippen LogP contribution is 2.61. The molecule has 1 heterocycles. The van der Waals surface area contributed by atoms with Gasteiger partial charge in [-0.1, -0.05) is 18.2 Å².